The third-order valence-electron chi connectivity index (χ3n) is 6.10. The SMILES string of the molecule is Cc1cc(F)ccc1NC(=O)c1cc(NC(=O)C2C(c3cc(Cl)cc(S(C)(F)(F)(F)F)c3)C2(Cl)Cl)ccc1Cl. The summed E-state index contributed by atoms with van der Waals surface area (Å²) >= 11 is 24.5. The van der Waals surface area contributed by atoms with Crippen LogP contribution in [-0.4, -0.2) is 22.4 Å². The Kier molecular flexibility index (Phi) is 6.97. The molecule has 2 N–H and O–H groups in total. The number of anilines is 2. The highest BCUT2D eigenvalue weighted by Crippen LogP contribution is 2.98. The summed E-state index contributed by atoms with van der Waals surface area (Å²) in [6.45, 7) is 1.60. The number of nitrogens with one attached hydrogen (secondary N) is 2. The first-order chi connectivity index (χ1) is 17.7. The maximum atomic E-state index is 14.0. The topological polar surface area (TPSA) is 58.2 Å². The predicted octanol–water partition coefficient (Wildman–Crippen LogP) is 9.62. The normalized spacial score (nSPS) is 20.0. The molecular weight excluding hydrogens is 629 g/mol. The van der Waals surface area contributed by atoms with Crippen LogP contribution in [0.15, 0.2) is 59.5 Å². The monoisotopic (exact) mass is 646 g/mol. The summed E-state index contributed by atoms with van der Waals surface area (Å²) in [4.78, 5) is 24.3. The number of rotatable bonds is 6. The van der Waals surface area contributed by atoms with Crippen LogP contribution in [0.4, 0.5) is 31.3 Å². The van der Waals surface area contributed by atoms with Crippen molar-refractivity contribution in [3.05, 3.63) is 87.2 Å². The molecule has 4 nitrogen and oxygen atoms in total. The number of carbonyl (C=O) groups excluding carboxylic acids is 2. The Morgan fingerprint density at radius 1 is 0.923 bits per heavy atom. The van der Waals surface area contributed by atoms with Gasteiger partial charge in [0.05, 0.1) is 27.7 Å². The first-order valence-corrected chi connectivity index (χ1v) is 15.0. The van der Waals surface area contributed by atoms with Gasteiger partial charge in [-0.25, -0.2) is 4.39 Å². The van der Waals surface area contributed by atoms with E-state index in [9.17, 15) is 29.5 Å². The van der Waals surface area contributed by atoms with E-state index in [-0.39, 0.29) is 21.8 Å². The highest BCUT2D eigenvalue weighted by atomic mass is 35.5. The lowest BCUT2D eigenvalue weighted by Gasteiger charge is -2.46. The average Bonchev–Trinajstić information content (AvgIpc) is 3.37. The fourth-order valence-corrected chi connectivity index (χ4v) is 6.28. The molecule has 2 amide bonds. The Bertz CT molecular complexity index is 1530. The number of hydrogen-bond donors (Lipinski definition) is 2. The van der Waals surface area contributed by atoms with Crippen molar-refractivity contribution in [2.45, 2.75) is 22.1 Å². The Balaban J connectivity index is 1.56. The first-order valence-electron chi connectivity index (χ1n) is 11.0. The zero-order valence-corrected chi connectivity index (χ0v) is 23.8. The fraction of sp³-hybridized carbons (Fsp3) is 0.200. The Labute approximate surface area is 240 Å². The van der Waals surface area contributed by atoms with E-state index in [0.29, 0.717) is 23.4 Å². The minimum Gasteiger partial charge on any atom is -0.326 e. The van der Waals surface area contributed by atoms with Crippen LogP contribution >= 0.6 is 56.2 Å². The fourth-order valence-electron chi connectivity index (χ4n) is 4.08. The van der Waals surface area contributed by atoms with E-state index in [1.54, 1.807) is 6.92 Å². The van der Waals surface area contributed by atoms with Gasteiger partial charge in [-0.1, -0.05) is 23.2 Å². The second kappa shape index (κ2) is 9.14. The molecule has 14 heteroatoms. The summed E-state index contributed by atoms with van der Waals surface area (Å²) in [6, 6.07) is 9.94. The Morgan fingerprint density at radius 2 is 1.59 bits per heavy atom. The number of halogens is 9. The highest BCUT2D eigenvalue weighted by molar-refractivity contribution is 8.49. The van der Waals surface area contributed by atoms with Crippen molar-refractivity contribution in [1.82, 2.24) is 0 Å². The van der Waals surface area contributed by atoms with Gasteiger partial charge in [-0.2, -0.15) is 0 Å². The summed E-state index contributed by atoms with van der Waals surface area (Å²) in [5, 5.41) is 4.77. The molecule has 1 aliphatic rings. The number of alkyl halides is 2. The van der Waals surface area contributed by atoms with E-state index in [4.69, 9.17) is 46.4 Å². The van der Waals surface area contributed by atoms with Crippen molar-refractivity contribution >= 4 is 79.4 Å². The van der Waals surface area contributed by atoms with Gasteiger partial charge in [-0.3, -0.25) is 9.59 Å². The lowest BCUT2D eigenvalue weighted by atomic mass is 10.1. The third kappa shape index (κ3) is 6.41. The minimum atomic E-state index is -8.59. The van der Waals surface area contributed by atoms with Crippen molar-refractivity contribution < 1.29 is 29.5 Å². The highest BCUT2D eigenvalue weighted by Gasteiger charge is 2.68. The number of carbonyl (C=O) groups is 2. The molecule has 1 saturated carbocycles. The van der Waals surface area contributed by atoms with Gasteiger partial charge in [0.2, 0.25) is 5.91 Å². The largest absolute Gasteiger partial charge is 0.326 e. The predicted molar refractivity (Wildman–Crippen MR) is 148 cm³/mol. The number of benzene rings is 3. The molecule has 210 valence electrons. The molecule has 3 aromatic carbocycles. The molecule has 1 fully saturated rings. The molecule has 0 bridgehead atoms. The van der Waals surface area contributed by atoms with Crippen molar-refractivity contribution in [3.63, 3.8) is 0 Å². The smallest absolute Gasteiger partial charge is 0.257 e. The molecule has 1 aliphatic carbocycles. The van der Waals surface area contributed by atoms with Gasteiger partial charge in [-0.05, 0) is 72.6 Å². The van der Waals surface area contributed by atoms with Crippen LogP contribution in [0.2, 0.25) is 10.0 Å². The summed E-state index contributed by atoms with van der Waals surface area (Å²) in [5.74, 6) is -4.24. The molecule has 2 atom stereocenters. The molecule has 3 aromatic rings. The zero-order chi connectivity index (χ0) is 29.2. The van der Waals surface area contributed by atoms with Crippen molar-refractivity contribution in [2.24, 2.45) is 5.92 Å². The lowest BCUT2D eigenvalue weighted by Crippen LogP contribution is -2.18. The van der Waals surface area contributed by atoms with Gasteiger partial charge in [0.25, 0.3) is 5.91 Å². The van der Waals surface area contributed by atoms with Crippen molar-refractivity contribution in [3.8, 4) is 0 Å². The van der Waals surface area contributed by atoms with E-state index >= 15 is 0 Å². The first kappa shape index (κ1) is 29.7. The molecule has 0 spiro atoms. The number of hydrogen-bond acceptors (Lipinski definition) is 2. The molecule has 0 heterocycles. The number of amides is 2. The van der Waals surface area contributed by atoms with E-state index in [1.807, 2.05) is 0 Å². The van der Waals surface area contributed by atoms with Gasteiger partial charge in [-0.15, -0.1) is 38.7 Å². The number of aryl methyl sites for hydroxylation is 1. The van der Waals surface area contributed by atoms with Crippen LogP contribution in [0, 0.1) is 18.7 Å². The average molecular weight is 648 g/mol. The molecule has 0 aliphatic heterocycles. The van der Waals surface area contributed by atoms with Gasteiger partial charge in [0.15, 0.2) is 9.84 Å². The van der Waals surface area contributed by atoms with E-state index in [2.05, 4.69) is 10.6 Å². The Morgan fingerprint density at radius 3 is 2.21 bits per heavy atom. The third-order valence-corrected chi connectivity index (χ3v) is 9.00. The molecule has 0 saturated heterocycles. The van der Waals surface area contributed by atoms with E-state index in [0.717, 1.165) is 6.07 Å². The van der Waals surface area contributed by atoms with Crippen LogP contribution < -0.4 is 10.6 Å². The minimum absolute atomic E-state index is 0.0242. The van der Waals surface area contributed by atoms with Gasteiger partial charge in [0.1, 0.15) is 10.2 Å². The summed E-state index contributed by atoms with van der Waals surface area (Å²) < 4.78 is 67.7. The van der Waals surface area contributed by atoms with Crippen LogP contribution in [0.1, 0.15) is 27.4 Å². The van der Waals surface area contributed by atoms with Gasteiger partial charge < -0.3 is 10.6 Å². The molecule has 2 unspecified atom stereocenters. The van der Waals surface area contributed by atoms with Crippen LogP contribution in [0.25, 0.3) is 0 Å². The summed E-state index contributed by atoms with van der Waals surface area (Å²) in [7, 11) is -8.59. The summed E-state index contributed by atoms with van der Waals surface area (Å²) in [6.07, 6.45) is -0.438. The maximum Gasteiger partial charge on any atom is 0.257 e. The maximum absolute atomic E-state index is 14.0. The molecule has 39 heavy (non-hydrogen) atoms. The summed E-state index contributed by atoms with van der Waals surface area (Å²) in [5.41, 5.74) is 0.737. The van der Waals surface area contributed by atoms with E-state index < -0.39 is 59.8 Å². The second-order valence-electron chi connectivity index (χ2n) is 9.43. The molecular formula is C25H19Cl4F5N2O2S. The van der Waals surface area contributed by atoms with E-state index in [1.165, 1.54) is 36.4 Å². The van der Waals surface area contributed by atoms with Crippen LogP contribution in [0.5, 0.6) is 0 Å². The van der Waals surface area contributed by atoms with Crippen LogP contribution in [0.3, 0.4) is 0 Å². The molecule has 0 radical (unpaired) electrons. The van der Waals surface area contributed by atoms with Crippen molar-refractivity contribution in [1.29, 1.82) is 0 Å². The standard InChI is InChI=1S/C25H19Cl4F5N2O2S/c1-12-7-15(30)3-6-20(12)36-23(37)18-11-16(4-5-19(18)27)35-24(38)22-21(25(22,28)29)13-8-14(26)10-17(9-13)39(2,31,32,33)34/h3-11,21-22H,1-2H3,(H,35,38)(H,36,37). The quantitative estimate of drug-likeness (QED) is 0.207. The lowest BCUT2D eigenvalue weighted by molar-refractivity contribution is -0.117. The van der Waals surface area contributed by atoms with Gasteiger partial charge >= 0.3 is 0 Å². The second-order valence-corrected chi connectivity index (χ2v) is 15.1. The van der Waals surface area contributed by atoms with Gasteiger partial charge in [0, 0.05) is 22.3 Å². The molecule has 4 rings (SSSR count). The molecule has 0 aromatic heterocycles. The zero-order valence-electron chi connectivity index (χ0n) is 20.0. The van der Waals surface area contributed by atoms with Crippen LogP contribution in [-0.2, 0) is 4.79 Å². The van der Waals surface area contributed by atoms with Crippen molar-refractivity contribution in [2.75, 3.05) is 16.9 Å². The Hall–Kier alpha value is -2.24.